The molecule has 0 spiro atoms. The zero-order chi connectivity index (χ0) is 21.6. The largest absolute Gasteiger partial charge is 0.497 e. The minimum absolute atomic E-state index is 0.00284. The second-order valence-corrected chi connectivity index (χ2v) is 6.77. The number of guanidine groups is 1. The summed E-state index contributed by atoms with van der Waals surface area (Å²) in [6.07, 6.45) is 0.259. The van der Waals surface area contributed by atoms with E-state index in [0.29, 0.717) is 32.0 Å². The average molecular weight is 413 g/mol. The fourth-order valence-electron chi connectivity index (χ4n) is 2.68. The molecule has 0 bridgehead atoms. The molecule has 1 unspecified atom stereocenters. The number of hydrogen-bond acceptors (Lipinski definition) is 4. The SMILES string of the molecule is CCNC(=NCC(C)Oc1cccc(OC)c1)NCCC(=O)NCc1ccccc1. The molecule has 0 heterocycles. The van der Waals surface area contributed by atoms with Crippen molar-refractivity contribution < 1.29 is 14.3 Å². The topological polar surface area (TPSA) is 84.0 Å². The summed E-state index contributed by atoms with van der Waals surface area (Å²) in [4.78, 5) is 16.6. The second-order valence-electron chi connectivity index (χ2n) is 6.77. The first-order valence-corrected chi connectivity index (χ1v) is 10.2. The van der Waals surface area contributed by atoms with E-state index >= 15 is 0 Å². The van der Waals surface area contributed by atoms with Crippen molar-refractivity contribution in [1.29, 1.82) is 0 Å². The lowest BCUT2D eigenvalue weighted by Crippen LogP contribution is -2.40. The first-order chi connectivity index (χ1) is 14.6. The summed E-state index contributed by atoms with van der Waals surface area (Å²) in [5.74, 6) is 2.15. The molecule has 1 amide bonds. The summed E-state index contributed by atoms with van der Waals surface area (Å²) in [5.41, 5.74) is 1.08. The van der Waals surface area contributed by atoms with Gasteiger partial charge in [-0.15, -0.1) is 0 Å². The van der Waals surface area contributed by atoms with Crippen LogP contribution >= 0.6 is 0 Å². The molecule has 0 fully saturated rings. The third-order valence-corrected chi connectivity index (χ3v) is 4.21. The molecule has 0 aromatic heterocycles. The van der Waals surface area contributed by atoms with Gasteiger partial charge in [0, 0.05) is 32.1 Å². The summed E-state index contributed by atoms with van der Waals surface area (Å²) >= 11 is 0. The van der Waals surface area contributed by atoms with Crippen molar-refractivity contribution in [2.75, 3.05) is 26.7 Å². The first-order valence-electron chi connectivity index (χ1n) is 10.2. The Bertz CT molecular complexity index is 796. The maximum Gasteiger partial charge on any atom is 0.222 e. The number of hydrogen-bond donors (Lipinski definition) is 3. The van der Waals surface area contributed by atoms with Crippen LogP contribution in [0.4, 0.5) is 0 Å². The van der Waals surface area contributed by atoms with Gasteiger partial charge in [0.05, 0.1) is 13.7 Å². The summed E-state index contributed by atoms with van der Waals surface area (Å²) in [7, 11) is 1.63. The molecule has 1 atom stereocenters. The number of nitrogens with one attached hydrogen (secondary N) is 3. The molecule has 7 nitrogen and oxygen atoms in total. The number of methoxy groups -OCH3 is 1. The Kier molecular flexibility index (Phi) is 10.1. The van der Waals surface area contributed by atoms with Crippen molar-refractivity contribution in [2.24, 2.45) is 4.99 Å². The highest BCUT2D eigenvalue weighted by atomic mass is 16.5. The van der Waals surface area contributed by atoms with Crippen LogP contribution in [0.2, 0.25) is 0 Å². The van der Waals surface area contributed by atoms with Crippen LogP contribution in [0.1, 0.15) is 25.8 Å². The van der Waals surface area contributed by atoms with Crippen molar-refractivity contribution >= 4 is 11.9 Å². The summed E-state index contributed by atoms with van der Waals surface area (Å²) in [6.45, 7) is 6.21. The fourth-order valence-corrected chi connectivity index (χ4v) is 2.68. The summed E-state index contributed by atoms with van der Waals surface area (Å²) in [6, 6.07) is 17.4. The van der Waals surface area contributed by atoms with Crippen molar-refractivity contribution in [3.05, 3.63) is 60.2 Å². The van der Waals surface area contributed by atoms with Gasteiger partial charge in [0.2, 0.25) is 5.91 Å². The minimum Gasteiger partial charge on any atom is -0.497 e. The standard InChI is InChI=1S/C23H32N4O3/c1-4-24-23(25-14-13-22(28)26-17-19-9-6-5-7-10-19)27-16-18(2)30-21-12-8-11-20(15-21)29-3/h5-12,15,18H,4,13-14,16-17H2,1-3H3,(H,26,28)(H2,24,25,27). The van der Waals surface area contributed by atoms with Gasteiger partial charge in [-0.1, -0.05) is 36.4 Å². The van der Waals surface area contributed by atoms with E-state index in [1.54, 1.807) is 7.11 Å². The van der Waals surface area contributed by atoms with Gasteiger partial charge in [-0.2, -0.15) is 0 Å². The maximum atomic E-state index is 12.0. The van der Waals surface area contributed by atoms with E-state index in [4.69, 9.17) is 9.47 Å². The van der Waals surface area contributed by atoms with Gasteiger partial charge in [-0.05, 0) is 31.5 Å². The van der Waals surface area contributed by atoms with Gasteiger partial charge >= 0.3 is 0 Å². The molecule has 0 aliphatic heterocycles. The van der Waals surface area contributed by atoms with Crippen molar-refractivity contribution in [2.45, 2.75) is 32.9 Å². The molecule has 0 aliphatic carbocycles. The van der Waals surface area contributed by atoms with Crippen LogP contribution in [-0.4, -0.2) is 44.7 Å². The van der Waals surface area contributed by atoms with Crippen molar-refractivity contribution in [3.63, 3.8) is 0 Å². The predicted molar refractivity (Wildman–Crippen MR) is 120 cm³/mol. The Morgan fingerprint density at radius 3 is 2.53 bits per heavy atom. The monoisotopic (exact) mass is 412 g/mol. The molecule has 0 aliphatic rings. The van der Waals surface area contributed by atoms with Gasteiger partial charge in [0.1, 0.15) is 17.6 Å². The number of aliphatic imine (C=N–C) groups is 1. The van der Waals surface area contributed by atoms with Gasteiger partial charge in [-0.3, -0.25) is 4.79 Å². The van der Waals surface area contributed by atoms with Crippen LogP contribution in [-0.2, 0) is 11.3 Å². The third-order valence-electron chi connectivity index (χ3n) is 4.21. The summed E-state index contributed by atoms with van der Waals surface area (Å²) in [5, 5.41) is 9.30. The molecule has 2 aromatic rings. The molecule has 0 saturated heterocycles. The Hall–Kier alpha value is -3.22. The minimum atomic E-state index is -0.110. The maximum absolute atomic E-state index is 12.0. The lowest BCUT2D eigenvalue weighted by atomic mass is 10.2. The molecular formula is C23H32N4O3. The van der Waals surface area contributed by atoms with E-state index < -0.39 is 0 Å². The normalized spacial score (nSPS) is 12.0. The van der Waals surface area contributed by atoms with E-state index in [2.05, 4.69) is 20.9 Å². The van der Waals surface area contributed by atoms with Gasteiger partial charge < -0.3 is 25.4 Å². The Morgan fingerprint density at radius 2 is 1.80 bits per heavy atom. The van der Waals surface area contributed by atoms with Gasteiger partial charge in [-0.25, -0.2) is 4.99 Å². The van der Waals surface area contributed by atoms with Crippen LogP contribution in [0.3, 0.4) is 0 Å². The molecule has 0 radical (unpaired) electrons. The number of ether oxygens (including phenoxy) is 2. The van der Waals surface area contributed by atoms with Crippen molar-refractivity contribution in [1.82, 2.24) is 16.0 Å². The first kappa shape index (κ1) is 23.1. The molecule has 3 N–H and O–H groups in total. The lowest BCUT2D eigenvalue weighted by Gasteiger charge is -2.15. The van der Waals surface area contributed by atoms with E-state index in [0.717, 1.165) is 23.6 Å². The molecule has 2 aromatic carbocycles. The molecule has 30 heavy (non-hydrogen) atoms. The molecule has 7 heteroatoms. The highest BCUT2D eigenvalue weighted by molar-refractivity contribution is 5.81. The Balaban J connectivity index is 1.74. The zero-order valence-electron chi connectivity index (χ0n) is 18.0. The predicted octanol–water partition coefficient (Wildman–Crippen LogP) is 2.72. The van der Waals surface area contributed by atoms with E-state index in [-0.39, 0.29) is 12.0 Å². The van der Waals surface area contributed by atoms with Crippen LogP contribution in [0.5, 0.6) is 11.5 Å². The number of carbonyl (C=O) groups is 1. The molecule has 0 saturated carbocycles. The summed E-state index contributed by atoms with van der Waals surface area (Å²) < 4.78 is 11.1. The molecular weight excluding hydrogens is 380 g/mol. The van der Waals surface area contributed by atoms with Gasteiger partial charge in [0.15, 0.2) is 5.96 Å². The van der Waals surface area contributed by atoms with Crippen molar-refractivity contribution in [3.8, 4) is 11.5 Å². The van der Waals surface area contributed by atoms with E-state index in [1.165, 1.54) is 0 Å². The number of amides is 1. The van der Waals surface area contributed by atoms with Crippen LogP contribution in [0.15, 0.2) is 59.6 Å². The van der Waals surface area contributed by atoms with E-state index in [9.17, 15) is 4.79 Å². The molecule has 162 valence electrons. The number of benzene rings is 2. The smallest absolute Gasteiger partial charge is 0.222 e. The Morgan fingerprint density at radius 1 is 1.03 bits per heavy atom. The Labute approximate surface area is 178 Å². The lowest BCUT2D eigenvalue weighted by molar-refractivity contribution is -0.121. The van der Waals surface area contributed by atoms with Crippen LogP contribution in [0.25, 0.3) is 0 Å². The molecule has 2 rings (SSSR count). The quantitative estimate of drug-likeness (QED) is 0.390. The van der Waals surface area contributed by atoms with Crippen LogP contribution < -0.4 is 25.4 Å². The number of rotatable bonds is 11. The van der Waals surface area contributed by atoms with Gasteiger partial charge in [0.25, 0.3) is 0 Å². The third kappa shape index (κ3) is 8.86. The van der Waals surface area contributed by atoms with Crippen LogP contribution in [0, 0.1) is 0 Å². The number of carbonyl (C=O) groups excluding carboxylic acids is 1. The highest BCUT2D eigenvalue weighted by Gasteiger charge is 2.07. The number of nitrogens with zero attached hydrogens (tertiary/aromatic N) is 1. The second kappa shape index (κ2) is 13.1. The fraction of sp³-hybridized carbons (Fsp3) is 0.391. The zero-order valence-corrected chi connectivity index (χ0v) is 18.0. The highest BCUT2D eigenvalue weighted by Crippen LogP contribution is 2.19. The average Bonchev–Trinajstić information content (AvgIpc) is 2.77. The van der Waals surface area contributed by atoms with E-state index in [1.807, 2.05) is 68.4 Å².